The third-order valence-corrected chi connectivity index (χ3v) is 8.41. The lowest BCUT2D eigenvalue weighted by Crippen LogP contribution is -2.57. The highest BCUT2D eigenvalue weighted by atomic mass is 16.4. The number of hydrogen-bond donors (Lipinski definition) is 6. The Morgan fingerprint density at radius 1 is 0.935 bits per heavy atom. The van der Waals surface area contributed by atoms with Crippen LogP contribution in [0.2, 0.25) is 0 Å². The molecule has 1 saturated carbocycles. The molecule has 0 bridgehead atoms. The predicted molar refractivity (Wildman–Crippen MR) is 169 cm³/mol. The molecule has 2 heterocycles. The highest BCUT2D eigenvalue weighted by Gasteiger charge is 2.39. The van der Waals surface area contributed by atoms with E-state index in [1.165, 1.54) is 0 Å². The largest absolute Gasteiger partial charge is 0.465 e. The molecule has 248 valence electrons. The number of amides is 5. The number of benzene rings is 1. The Bertz CT molecular complexity index is 1460. The van der Waals surface area contributed by atoms with Crippen LogP contribution in [-0.2, 0) is 30.4 Å². The summed E-state index contributed by atoms with van der Waals surface area (Å²) in [5.74, 6) is -3.76. The fraction of sp³-hybridized carbons (Fsp3) is 0.545. The minimum absolute atomic E-state index is 0.00378. The lowest BCUT2D eigenvalue weighted by atomic mass is 9.92. The number of rotatable bonds is 13. The molecule has 0 spiro atoms. The van der Waals surface area contributed by atoms with Gasteiger partial charge in [0.25, 0.3) is 0 Å². The van der Waals surface area contributed by atoms with Gasteiger partial charge in [0.05, 0.1) is 18.0 Å². The van der Waals surface area contributed by atoms with Crippen LogP contribution in [0.1, 0.15) is 71.3 Å². The number of nitrogens with zero attached hydrogens (tertiary/aromatic N) is 1. The first-order chi connectivity index (χ1) is 21.8. The fourth-order valence-corrected chi connectivity index (χ4v) is 6.26. The van der Waals surface area contributed by atoms with Crippen molar-refractivity contribution in [3.63, 3.8) is 0 Å². The number of Topliss-reactive ketones (excluding diaryl/α,β-unsaturated/α-hetero) is 1. The summed E-state index contributed by atoms with van der Waals surface area (Å²) in [4.78, 5) is 82.4. The number of hydrogen-bond acceptors (Lipinski definition) is 7. The highest BCUT2D eigenvalue weighted by molar-refractivity contribution is 6.07. The van der Waals surface area contributed by atoms with E-state index in [4.69, 9.17) is 0 Å². The zero-order valence-electron chi connectivity index (χ0n) is 26.6. The van der Waals surface area contributed by atoms with Gasteiger partial charge in [0.15, 0.2) is 5.78 Å². The van der Waals surface area contributed by atoms with E-state index in [9.17, 15) is 33.9 Å². The van der Waals surface area contributed by atoms with E-state index in [0.717, 1.165) is 31.1 Å². The number of fused-ring (bicyclic) bond motifs is 1. The van der Waals surface area contributed by atoms with Gasteiger partial charge < -0.3 is 31.7 Å². The van der Waals surface area contributed by atoms with Gasteiger partial charge in [-0.3, -0.25) is 29.0 Å². The summed E-state index contributed by atoms with van der Waals surface area (Å²) in [7, 11) is 0. The van der Waals surface area contributed by atoms with Crippen molar-refractivity contribution >= 4 is 46.4 Å². The quantitative estimate of drug-likeness (QED) is 0.180. The molecule has 1 aromatic heterocycles. The lowest BCUT2D eigenvalue weighted by Gasteiger charge is -2.28. The van der Waals surface area contributed by atoms with Crippen LogP contribution in [0, 0.1) is 11.8 Å². The van der Waals surface area contributed by atoms with Crippen LogP contribution < -0.4 is 26.6 Å². The molecule has 1 saturated heterocycles. The first-order valence-corrected chi connectivity index (χ1v) is 15.9. The average molecular weight is 637 g/mol. The molecule has 0 radical (unpaired) electrons. The van der Waals surface area contributed by atoms with Crippen molar-refractivity contribution in [3.8, 4) is 0 Å². The lowest BCUT2D eigenvalue weighted by molar-refractivity contribution is -0.138. The Balaban J connectivity index is 1.57. The minimum Gasteiger partial charge on any atom is -0.465 e. The summed E-state index contributed by atoms with van der Waals surface area (Å²) in [6.07, 6.45) is 4.07. The maximum atomic E-state index is 13.9. The molecule has 6 N–H and O–H groups in total. The van der Waals surface area contributed by atoms with Crippen molar-refractivity contribution in [2.75, 3.05) is 6.54 Å². The topological polar surface area (TPSA) is 196 Å². The number of carboxylic acid groups (broad SMARTS) is 1. The SMILES string of the molecule is CC(C)(C)NC(=O)C[C@H](NC(=O)[C@H](CC1CCCC1)NC(=O)[C@H](Cc1cccc2ncccc12)NC(=O)O)C(=O)[C@@H]1CCNC1=O. The van der Waals surface area contributed by atoms with Crippen LogP contribution in [0.25, 0.3) is 10.9 Å². The van der Waals surface area contributed by atoms with E-state index in [0.29, 0.717) is 17.6 Å². The molecule has 4 rings (SSSR count). The number of pyridine rings is 1. The number of carbonyl (C=O) groups excluding carboxylic acids is 5. The van der Waals surface area contributed by atoms with Gasteiger partial charge in [-0.05, 0) is 57.2 Å². The molecule has 13 nitrogen and oxygen atoms in total. The van der Waals surface area contributed by atoms with Gasteiger partial charge in [-0.25, -0.2) is 4.79 Å². The Morgan fingerprint density at radius 3 is 2.28 bits per heavy atom. The van der Waals surface area contributed by atoms with Crippen LogP contribution in [0.15, 0.2) is 36.5 Å². The molecular formula is C33H44N6O7. The molecule has 2 fully saturated rings. The van der Waals surface area contributed by atoms with Crippen molar-refractivity contribution in [1.29, 1.82) is 0 Å². The summed E-state index contributed by atoms with van der Waals surface area (Å²) in [6.45, 7) is 5.67. The fourth-order valence-electron chi connectivity index (χ4n) is 6.26. The normalized spacial score (nSPS) is 18.7. The van der Waals surface area contributed by atoms with E-state index < -0.39 is 65.1 Å². The molecular weight excluding hydrogens is 592 g/mol. The van der Waals surface area contributed by atoms with Gasteiger partial charge in [0, 0.05) is 30.1 Å². The van der Waals surface area contributed by atoms with E-state index in [1.54, 1.807) is 45.2 Å². The summed E-state index contributed by atoms with van der Waals surface area (Å²) < 4.78 is 0. The van der Waals surface area contributed by atoms with Gasteiger partial charge in [-0.1, -0.05) is 43.9 Å². The van der Waals surface area contributed by atoms with Crippen molar-refractivity contribution < 1.29 is 33.9 Å². The zero-order valence-corrected chi connectivity index (χ0v) is 26.6. The maximum Gasteiger partial charge on any atom is 0.405 e. The Kier molecular flexibility index (Phi) is 11.3. The third kappa shape index (κ3) is 9.48. The second-order valence-corrected chi connectivity index (χ2v) is 13.2. The molecule has 0 unspecified atom stereocenters. The van der Waals surface area contributed by atoms with Crippen molar-refractivity contribution in [2.24, 2.45) is 11.8 Å². The van der Waals surface area contributed by atoms with E-state index in [-0.39, 0.29) is 31.6 Å². The number of carbonyl (C=O) groups is 6. The molecule has 5 amide bonds. The predicted octanol–water partition coefficient (Wildman–Crippen LogP) is 1.97. The molecule has 1 aliphatic heterocycles. The maximum absolute atomic E-state index is 13.9. The summed E-state index contributed by atoms with van der Waals surface area (Å²) in [6, 6.07) is 5.31. The molecule has 1 aliphatic carbocycles. The average Bonchev–Trinajstić information content (AvgIpc) is 3.66. The number of ketones is 1. The Labute approximate surface area is 268 Å². The molecule has 46 heavy (non-hydrogen) atoms. The summed E-state index contributed by atoms with van der Waals surface area (Å²) in [5.41, 5.74) is 0.793. The summed E-state index contributed by atoms with van der Waals surface area (Å²) in [5, 5.41) is 23.4. The smallest absolute Gasteiger partial charge is 0.405 e. The molecule has 1 aromatic carbocycles. The Hall–Kier alpha value is -4.55. The standard InChI is InChI=1S/C33H44N6O7/c1-33(2,3)39-27(40)18-24(28(41)22-13-15-35-29(22)42)36-30(43)25(16-19-8-4-5-9-19)37-31(44)26(38-32(45)46)17-20-10-6-12-23-21(20)11-7-14-34-23/h6-7,10-12,14,19,22,24-26,38H,4-5,8-9,13,15-18H2,1-3H3,(H,35,42)(H,36,43)(H,37,44)(H,39,40)(H,45,46)/t22-,24-,25-,26-/m0/s1. The number of nitrogens with one attached hydrogen (secondary N) is 5. The van der Waals surface area contributed by atoms with Crippen LogP contribution in [0.4, 0.5) is 4.79 Å². The van der Waals surface area contributed by atoms with Crippen LogP contribution in [0.5, 0.6) is 0 Å². The van der Waals surface area contributed by atoms with Crippen molar-refractivity contribution in [3.05, 3.63) is 42.1 Å². The van der Waals surface area contributed by atoms with Gasteiger partial charge in [-0.15, -0.1) is 0 Å². The molecule has 13 heteroatoms. The van der Waals surface area contributed by atoms with E-state index in [1.807, 2.05) is 12.1 Å². The second kappa shape index (κ2) is 15.2. The van der Waals surface area contributed by atoms with Crippen LogP contribution in [-0.4, -0.2) is 75.8 Å². The Morgan fingerprint density at radius 2 is 1.63 bits per heavy atom. The van der Waals surface area contributed by atoms with E-state index in [2.05, 4.69) is 31.6 Å². The van der Waals surface area contributed by atoms with Gasteiger partial charge in [-0.2, -0.15) is 0 Å². The second-order valence-electron chi connectivity index (χ2n) is 13.2. The first kappa shape index (κ1) is 34.3. The van der Waals surface area contributed by atoms with Gasteiger partial charge in [0.1, 0.15) is 18.0 Å². The third-order valence-electron chi connectivity index (χ3n) is 8.41. The van der Waals surface area contributed by atoms with Crippen LogP contribution >= 0.6 is 0 Å². The van der Waals surface area contributed by atoms with Crippen LogP contribution in [0.3, 0.4) is 0 Å². The van der Waals surface area contributed by atoms with Crippen molar-refractivity contribution in [1.82, 2.24) is 31.6 Å². The molecule has 4 atom stereocenters. The first-order valence-electron chi connectivity index (χ1n) is 15.9. The van der Waals surface area contributed by atoms with Gasteiger partial charge >= 0.3 is 6.09 Å². The highest BCUT2D eigenvalue weighted by Crippen LogP contribution is 2.29. The molecule has 2 aliphatic rings. The van der Waals surface area contributed by atoms with Crippen molar-refractivity contribution in [2.45, 2.75) is 95.8 Å². The molecule has 2 aromatic rings. The van der Waals surface area contributed by atoms with E-state index >= 15 is 0 Å². The van der Waals surface area contributed by atoms with Gasteiger partial charge in [0.2, 0.25) is 23.6 Å². The minimum atomic E-state index is -1.40. The monoisotopic (exact) mass is 636 g/mol. The zero-order chi connectivity index (χ0) is 33.4. The summed E-state index contributed by atoms with van der Waals surface area (Å²) >= 11 is 0. The number of aromatic nitrogens is 1.